The van der Waals surface area contributed by atoms with Crippen molar-refractivity contribution in [2.45, 2.75) is 57.9 Å². The number of carbonyl (C=O) groups is 1. The molecule has 1 amide bonds. The third kappa shape index (κ3) is 5.75. The van der Waals surface area contributed by atoms with Crippen LogP contribution in [-0.4, -0.2) is 101 Å². The quantitative estimate of drug-likeness (QED) is 0.408. The van der Waals surface area contributed by atoms with Gasteiger partial charge in [0.05, 0.1) is 6.54 Å². The number of hydrogen-bond donors (Lipinski definition) is 1. The van der Waals surface area contributed by atoms with Crippen LogP contribution in [0.2, 0.25) is 0 Å². The molecular weight excluding hydrogens is 392 g/mol. The summed E-state index contributed by atoms with van der Waals surface area (Å²) in [5, 5.41) is 12.4. The van der Waals surface area contributed by atoms with Gasteiger partial charge in [0.15, 0.2) is 5.96 Å². The minimum Gasteiger partial charge on any atom is -0.356 e. The summed E-state index contributed by atoms with van der Waals surface area (Å²) < 4.78 is 2.34. The zero-order valence-electron chi connectivity index (χ0n) is 19.1. The summed E-state index contributed by atoms with van der Waals surface area (Å²) in [4.78, 5) is 23.5. The van der Waals surface area contributed by atoms with Gasteiger partial charge in [-0.2, -0.15) is 0 Å². The number of hydrogen-bond acceptors (Lipinski definition) is 5. The zero-order chi connectivity index (χ0) is 21.5. The van der Waals surface area contributed by atoms with Crippen molar-refractivity contribution in [3.8, 4) is 0 Å². The minimum absolute atomic E-state index is 0.292. The summed E-state index contributed by atoms with van der Waals surface area (Å²) in [5.41, 5.74) is 0. The highest BCUT2D eigenvalue weighted by Crippen LogP contribution is 2.15. The van der Waals surface area contributed by atoms with Gasteiger partial charge >= 0.3 is 0 Å². The third-order valence-corrected chi connectivity index (χ3v) is 6.75. The van der Waals surface area contributed by atoms with Gasteiger partial charge in [-0.3, -0.25) is 14.7 Å². The predicted octanol–water partition coefficient (Wildman–Crippen LogP) is 0.753. The largest absolute Gasteiger partial charge is 0.356 e. The van der Waals surface area contributed by atoms with Gasteiger partial charge in [-0.1, -0.05) is 6.42 Å². The Morgan fingerprint density at radius 1 is 0.935 bits per heavy atom. The Kier molecular flexibility index (Phi) is 7.77. The van der Waals surface area contributed by atoms with Crippen LogP contribution in [0.4, 0.5) is 0 Å². The standard InChI is InChI=1S/C22H38N8O/c1-23-22(24-10-7-9-20-26-25-19-8-3-2-4-13-30(19)20)29-16-14-27(15-17-29)18-21(31)28-11-5-6-12-28/h2-18H2,1H3,(H,23,24). The van der Waals surface area contributed by atoms with E-state index in [0.717, 1.165) is 102 Å². The molecule has 0 aromatic carbocycles. The third-order valence-electron chi connectivity index (χ3n) is 6.75. The number of amides is 1. The molecule has 0 saturated carbocycles. The number of nitrogens with zero attached hydrogens (tertiary/aromatic N) is 7. The number of fused-ring (bicyclic) bond motifs is 1. The molecule has 31 heavy (non-hydrogen) atoms. The van der Waals surface area contributed by atoms with Crippen LogP contribution in [0.1, 0.15) is 50.2 Å². The van der Waals surface area contributed by atoms with E-state index in [1.165, 1.54) is 19.3 Å². The van der Waals surface area contributed by atoms with E-state index >= 15 is 0 Å². The van der Waals surface area contributed by atoms with Crippen molar-refractivity contribution in [1.29, 1.82) is 0 Å². The van der Waals surface area contributed by atoms with Crippen LogP contribution in [0, 0.1) is 0 Å². The molecule has 9 nitrogen and oxygen atoms in total. The number of likely N-dealkylation sites (tertiary alicyclic amines) is 1. The molecule has 9 heteroatoms. The van der Waals surface area contributed by atoms with Crippen molar-refractivity contribution in [2.24, 2.45) is 4.99 Å². The molecule has 3 aliphatic heterocycles. The second-order valence-electron chi connectivity index (χ2n) is 8.92. The molecule has 172 valence electrons. The fourth-order valence-electron chi connectivity index (χ4n) is 4.88. The first-order valence-electron chi connectivity index (χ1n) is 12.1. The second-order valence-corrected chi connectivity index (χ2v) is 8.92. The molecule has 0 spiro atoms. The lowest BCUT2D eigenvalue weighted by Crippen LogP contribution is -2.54. The molecule has 2 fully saturated rings. The maximum atomic E-state index is 12.4. The van der Waals surface area contributed by atoms with Crippen LogP contribution in [0.3, 0.4) is 0 Å². The van der Waals surface area contributed by atoms with Crippen LogP contribution in [0.5, 0.6) is 0 Å². The van der Waals surface area contributed by atoms with E-state index in [-0.39, 0.29) is 0 Å². The van der Waals surface area contributed by atoms with Crippen LogP contribution in [0.25, 0.3) is 0 Å². The average molecular weight is 431 g/mol. The molecule has 1 aromatic heterocycles. The van der Waals surface area contributed by atoms with E-state index in [0.29, 0.717) is 12.5 Å². The number of aromatic nitrogens is 3. The molecular formula is C22H38N8O. The molecule has 0 radical (unpaired) electrons. The Morgan fingerprint density at radius 2 is 1.71 bits per heavy atom. The van der Waals surface area contributed by atoms with E-state index < -0.39 is 0 Å². The highest BCUT2D eigenvalue weighted by Gasteiger charge is 2.24. The molecule has 0 bridgehead atoms. The molecule has 1 aromatic rings. The summed E-state index contributed by atoms with van der Waals surface area (Å²) in [6.45, 7) is 8.01. The zero-order valence-corrected chi connectivity index (χ0v) is 19.1. The van der Waals surface area contributed by atoms with Gasteiger partial charge in [0, 0.05) is 72.2 Å². The Labute approximate surface area is 185 Å². The number of rotatable bonds is 6. The Bertz CT molecular complexity index is 747. The van der Waals surface area contributed by atoms with E-state index in [1.807, 2.05) is 11.9 Å². The molecule has 0 atom stereocenters. The van der Waals surface area contributed by atoms with Gasteiger partial charge in [0.2, 0.25) is 5.91 Å². The fourth-order valence-corrected chi connectivity index (χ4v) is 4.88. The number of aryl methyl sites for hydroxylation is 2. The van der Waals surface area contributed by atoms with E-state index in [2.05, 4.69) is 34.9 Å². The van der Waals surface area contributed by atoms with Gasteiger partial charge in [0.25, 0.3) is 0 Å². The van der Waals surface area contributed by atoms with Crippen LogP contribution < -0.4 is 5.32 Å². The maximum Gasteiger partial charge on any atom is 0.236 e. The topological polar surface area (TPSA) is 81.9 Å². The first kappa shape index (κ1) is 22.0. The number of aliphatic imine (C=N–C) groups is 1. The van der Waals surface area contributed by atoms with Gasteiger partial charge < -0.3 is 19.7 Å². The normalized spacial score (nSPS) is 20.6. The van der Waals surface area contributed by atoms with E-state index in [1.54, 1.807) is 0 Å². The van der Waals surface area contributed by atoms with Gasteiger partial charge in [-0.15, -0.1) is 10.2 Å². The first-order chi connectivity index (χ1) is 15.2. The molecule has 4 rings (SSSR count). The predicted molar refractivity (Wildman–Crippen MR) is 121 cm³/mol. The molecule has 0 aliphatic carbocycles. The monoisotopic (exact) mass is 430 g/mol. The number of guanidine groups is 1. The van der Waals surface area contributed by atoms with Gasteiger partial charge in [-0.05, 0) is 32.1 Å². The molecule has 4 heterocycles. The number of piperazine rings is 1. The van der Waals surface area contributed by atoms with Crippen molar-refractivity contribution in [3.05, 3.63) is 11.6 Å². The SMILES string of the molecule is CN=C(NCCCc1nnc2n1CCCCC2)N1CCN(CC(=O)N2CCCC2)CC1. The number of nitrogens with one attached hydrogen (secondary N) is 1. The maximum absolute atomic E-state index is 12.4. The Morgan fingerprint density at radius 3 is 2.48 bits per heavy atom. The molecule has 3 aliphatic rings. The first-order valence-corrected chi connectivity index (χ1v) is 12.1. The summed E-state index contributed by atoms with van der Waals surface area (Å²) in [5.74, 6) is 3.55. The molecule has 0 unspecified atom stereocenters. The van der Waals surface area contributed by atoms with Crippen molar-refractivity contribution < 1.29 is 4.79 Å². The molecule has 2 saturated heterocycles. The van der Waals surface area contributed by atoms with E-state index in [4.69, 9.17) is 0 Å². The van der Waals surface area contributed by atoms with Gasteiger partial charge in [-0.25, -0.2) is 0 Å². The highest BCUT2D eigenvalue weighted by molar-refractivity contribution is 5.80. The van der Waals surface area contributed by atoms with Crippen molar-refractivity contribution in [1.82, 2.24) is 34.8 Å². The lowest BCUT2D eigenvalue weighted by Gasteiger charge is -2.36. The van der Waals surface area contributed by atoms with Crippen LogP contribution >= 0.6 is 0 Å². The average Bonchev–Trinajstić information content (AvgIpc) is 3.40. The summed E-state index contributed by atoms with van der Waals surface area (Å²) >= 11 is 0. The van der Waals surface area contributed by atoms with Crippen molar-refractivity contribution in [2.75, 3.05) is 59.4 Å². The fraction of sp³-hybridized carbons (Fsp3) is 0.818. The second kappa shape index (κ2) is 10.9. The smallest absolute Gasteiger partial charge is 0.236 e. The highest BCUT2D eigenvalue weighted by atomic mass is 16.2. The Balaban J connectivity index is 1.16. The Hall–Kier alpha value is -2.16. The summed E-state index contributed by atoms with van der Waals surface area (Å²) in [6.07, 6.45) is 9.09. The van der Waals surface area contributed by atoms with Crippen LogP contribution in [-0.2, 0) is 24.2 Å². The summed E-state index contributed by atoms with van der Waals surface area (Å²) in [7, 11) is 1.85. The lowest BCUT2D eigenvalue weighted by molar-refractivity contribution is -0.131. The number of carbonyl (C=O) groups excluding carboxylic acids is 1. The van der Waals surface area contributed by atoms with E-state index in [9.17, 15) is 4.79 Å². The lowest BCUT2D eigenvalue weighted by atomic mass is 10.2. The van der Waals surface area contributed by atoms with Gasteiger partial charge in [0.1, 0.15) is 11.6 Å². The molecule has 1 N–H and O–H groups in total. The van der Waals surface area contributed by atoms with Crippen molar-refractivity contribution in [3.63, 3.8) is 0 Å². The minimum atomic E-state index is 0.292. The van der Waals surface area contributed by atoms with Crippen molar-refractivity contribution >= 4 is 11.9 Å². The van der Waals surface area contributed by atoms with Crippen LogP contribution in [0.15, 0.2) is 4.99 Å². The summed E-state index contributed by atoms with van der Waals surface area (Å²) in [6, 6.07) is 0.